The number of nitrogens with zero attached hydrogens (tertiary/aromatic N) is 2. The molecular formula is C13H16N2O2. The predicted molar refractivity (Wildman–Crippen MR) is 64.7 cm³/mol. The molecule has 1 heterocycles. The predicted octanol–water partition coefficient (Wildman–Crippen LogP) is 1.22. The second-order valence-corrected chi connectivity index (χ2v) is 4.21. The number of aliphatic hydroxyl groups excluding tert-OH is 1. The zero-order valence-electron chi connectivity index (χ0n) is 9.89. The van der Waals surface area contributed by atoms with Crippen molar-refractivity contribution in [1.29, 1.82) is 5.26 Å². The van der Waals surface area contributed by atoms with Gasteiger partial charge in [-0.25, -0.2) is 0 Å². The van der Waals surface area contributed by atoms with Crippen LogP contribution in [-0.2, 0) is 11.3 Å². The van der Waals surface area contributed by atoms with E-state index in [0.717, 1.165) is 23.4 Å². The molecule has 1 aliphatic rings. The number of hydrogen-bond acceptors (Lipinski definition) is 4. The minimum atomic E-state index is -0.347. The Balaban J connectivity index is 2.19. The summed E-state index contributed by atoms with van der Waals surface area (Å²) in [7, 11) is 0. The van der Waals surface area contributed by atoms with Crippen molar-refractivity contribution in [3.63, 3.8) is 0 Å². The maximum Gasteiger partial charge on any atom is 0.161 e. The summed E-state index contributed by atoms with van der Waals surface area (Å²) in [6.07, 6.45) is -0.347. The van der Waals surface area contributed by atoms with Gasteiger partial charge in [-0.05, 0) is 24.1 Å². The van der Waals surface area contributed by atoms with Crippen LogP contribution in [0.25, 0.3) is 0 Å². The van der Waals surface area contributed by atoms with E-state index < -0.39 is 0 Å². The Morgan fingerprint density at radius 2 is 2.41 bits per heavy atom. The van der Waals surface area contributed by atoms with Crippen LogP contribution in [0.4, 0.5) is 5.69 Å². The molecule has 0 radical (unpaired) electrons. The highest BCUT2D eigenvalue weighted by atomic mass is 16.5. The van der Waals surface area contributed by atoms with Crippen molar-refractivity contribution >= 4 is 5.69 Å². The molecule has 0 spiro atoms. The fourth-order valence-electron chi connectivity index (χ4n) is 2.12. The third-order valence-electron chi connectivity index (χ3n) is 2.99. The summed E-state index contributed by atoms with van der Waals surface area (Å²) < 4.78 is 5.32. The number of ether oxygens (including phenoxy) is 1. The first-order chi connectivity index (χ1) is 8.24. The molecule has 2 rings (SSSR count). The highest BCUT2D eigenvalue weighted by molar-refractivity contribution is 5.55. The number of aliphatic hydroxyl groups is 1. The average Bonchev–Trinajstić information content (AvgIpc) is 2.38. The number of morpholine rings is 1. The third-order valence-corrected chi connectivity index (χ3v) is 2.99. The summed E-state index contributed by atoms with van der Waals surface area (Å²) in [5.41, 5.74) is 3.15. The fourth-order valence-corrected chi connectivity index (χ4v) is 2.12. The van der Waals surface area contributed by atoms with E-state index in [-0.39, 0.29) is 12.7 Å². The molecule has 17 heavy (non-hydrogen) atoms. The zero-order valence-corrected chi connectivity index (χ0v) is 9.89. The van der Waals surface area contributed by atoms with Gasteiger partial charge in [-0.2, -0.15) is 5.26 Å². The van der Waals surface area contributed by atoms with Crippen molar-refractivity contribution in [2.24, 2.45) is 0 Å². The summed E-state index contributed by atoms with van der Waals surface area (Å²) in [5.74, 6) is 0. The molecule has 1 atom stereocenters. The molecule has 1 saturated heterocycles. The van der Waals surface area contributed by atoms with Gasteiger partial charge in [0.1, 0.15) is 0 Å². The normalized spacial score (nSPS) is 20.1. The Morgan fingerprint density at radius 1 is 1.59 bits per heavy atom. The van der Waals surface area contributed by atoms with Crippen molar-refractivity contribution in [3.05, 3.63) is 29.3 Å². The van der Waals surface area contributed by atoms with Gasteiger partial charge in [0, 0.05) is 12.2 Å². The molecule has 4 heteroatoms. The van der Waals surface area contributed by atoms with Gasteiger partial charge in [-0.15, -0.1) is 0 Å². The number of benzene rings is 1. The van der Waals surface area contributed by atoms with E-state index in [1.165, 1.54) is 0 Å². The van der Waals surface area contributed by atoms with E-state index in [1.54, 1.807) is 0 Å². The van der Waals surface area contributed by atoms with Crippen LogP contribution in [-0.4, -0.2) is 30.9 Å². The first kappa shape index (κ1) is 11.9. The van der Waals surface area contributed by atoms with Crippen molar-refractivity contribution in [3.8, 4) is 6.07 Å². The van der Waals surface area contributed by atoms with E-state index in [1.807, 2.05) is 25.1 Å². The highest BCUT2D eigenvalue weighted by Crippen LogP contribution is 2.23. The van der Waals surface area contributed by atoms with E-state index in [2.05, 4.69) is 11.0 Å². The Hall–Kier alpha value is -1.57. The second kappa shape index (κ2) is 5.17. The molecule has 0 aromatic heterocycles. The van der Waals surface area contributed by atoms with Crippen LogP contribution < -0.4 is 4.90 Å². The standard InChI is InChI=1S/C13H16N2O2/c1-10-6-11(9-16)2-3-13(10)15-4-5-17-12(7-14)8-15/h2-3,6,12,16H,4-5,8-9H2,1H3. The first-order valence-electron chi connectivity index (χ1n) is 5.71. The van der Waals surface area contributed by atoms with Gasteiger partial charge in [-0.3, -0.25) is 0 Å². The van der Waals surface area contributed by atoms with Gasteiger partial charge in [0.25, 0.3) is 0 Å². The van der Waals surface area contributed by atoms with Gasteiger partial charge in [0.15, 0.2) is 6.10 Å². The maximum atomic E-state index is 9.07. The summed E-state index contributed by atoms with van der Waals surface area (Å²) in [6.45, 7) is 4.07. The smallest absolute Gasteiger partial charge is 0.161 e. The highest BCUT2D eigenvalue weighted by Gasteiger charge is 2.21. The van der Waals surface area contributed by atoms with E-state index in [4.69, 9.17) is 15.1 Å². The molecule has 0 aliphatic carbocycles. The number of anilines is 1. The lowest BCUT2D eigenvalue weighted by molar-refractivity contribution is 0.0764. The van der Waals surface area contributed by atoms with E-state index in [9.17, 15) is 0 Å². The third kappa shape index (κ3) is 2.57. The van der Waals surface area contributed by atoms with Crippen molar-refractivity contribution in [2.75, 3.05) is 24.6 Å². The van der Waals surface area contributed by atoms with Gasteiger partial charge in [0.05, 0.1) is 25.8 Å². The molecule has 0 amide bonds. The summed E-state index contributed by atoms with van der Waals surface area (Å²) >= 11 is 0. The number of aryl methyl sites for hydroxylation is 1. The minimum Gasteiger partial charge on any atom is -0.392 e. The quantitative estimate of drug-likeness (QED) is 0.833. The van der Waals surface area contributed by atoms with Crippen LogP contribution in [0.15, 0.2) is 18.2 Å². The van der Waals surface area contributed by atoms with Gasteiger partial charge < -0.3 is 14.7 Å². The lowest BCUT2D eigenvalue weighted by atomic mass is 10.1. The lowest BCUT2D eigenvalue weighted by Gasteiger charge is -2.32. The van der Waals surface area contributed by atoms with Gasteiger partial charge in [0.2, 0.25) is 0 Å². The first-order valence-corrected chi connectivity index (χ1v) is 5.71. The molecular weight excluding hydrogens is 216 g/mol. The number of hydrogen-bond donors (Lipinski definition) is 1. The molecule has 0 saturated carbocycles. The van der Waals surface area contributed by atoms with Gasteiger partial charge in [-0.1, -0.05) is 12.1 Å². The zero-order chi connectivity index (χ0) is 12.3. The Morgan fingerprint density at radius 3 is 3.06 bits per heavy atom. The molecule has 1 aliphatic heterocycles. The molecule has 90 valence electrons. The molecule has 0 bridgehead atoms. The van der Waals surface area contributed by atoms with Crippen LogP contribution in [0.5, 0.6) is 0 Å². The topological polar surface area (TPSA) is 56.5 Å². The minimum absolute atomic E-state index is 0.0606. The molecule has 1 aromatic carbocycles. The van der Waals surface area contributed by atoms with Crippen molar-refractivity contribution in [2.45, 2.75) is 19.6 Å². The SMILES string of the molecule is Cc1cc(CO)ccc1N1CCOC(C#N)C1. The Bertz CT molecular complexity index is 440. The maximum absolute atomic E-state index is 9.07. The number of nitriles is 1. The van der Waals surface area contributed by atoms with Crippen LogP contribution >= 0.6 is 0 Å². The van der Waals surface area contributed by atoms with Gasteiger partial charge >= 0.3 is 0 Å². The van der Waals surface area contributed by atoms with Crippen LogP contribution in [0.1, 0.15) is 11.1 Å². The molecule has 1 N–H and O–H groups in total. The second-order valence-electron chi connectivity index (χ2n) is 4.21. The molecule has 1 fully saturated rings. The molecule has 1 unspecified atom stereocenters. The largest absolute Gasteiger partial charge is 0.392 e. The van der Waals surface area contributed by atoms with E-state index in [0.29, 0.717) is 13.2 Å². The summed E-state index contributed by atoms with van der Waals surface area (Å²) in [5, 5.41) is 17.9. The number of rotatable bonds is 2. The van der Waals surface area contributed by atoms with Crippen LogP contribution in [0, 0.1) is 18.3 Å². The van der Waals surface area contributed by atoms with Crippen molar-refractivity contribution in [1.82, 2.24) is 0 Å². The Kier molecular flexibility index (Phi) is 3.62. The summed E-state index contributed by atoms with van der Waals surface area (Å²) in [6, 6.07) is 8.04. The monoisotopic (exact) mass is 232 g/mol. The van der Waals surface area contributed by atoms with E-state index >= 15 is 0 Å². The molecule has 4 nitrogen and oxygen atoms in total. The summed E-state index contributed by atoms with van der Waals surface area (Å²) in [4.78, 5) is 2.16. The van der Waals surface area contributed by atoms with Crippen LogP contribution in [0.3, 0.4) is 0 Å². The fraction of sp³-hybridized carbons (Fsp3) is 0.462. The molecule has 1 aromatic rings. The van der Waals surface area contributed by atoms with Crippen LogP contribution in [0.2, 0.25) is 0 Å². The van der Waals surface area contributed by atoms with Crippen molar-refractivity contribution < 1.29 is 9.84 Å². The lowest BCUT2D eigenvalue weighted by Crippen LogP contribution is -2.42. The Labute approximate surface area is 101 Å². The average molecular weight is 232 g/mol.